The topological polar surface area (TPSA) is 44.8 Å². The molecule has 0 aliphatic carbocycles. The Hall–Kier alpha value is -2.69. The molecular formula is C20H25N3O2. The first kappa shape index (κ1) is 17.1. The third kappa shape index (κ3) is 4.05. The van der Waals surface area contributed by atoms with Crippen LogP contribution in [0.2, 0.25) is 0 Å². The van der Waals surface area contributed by atoms with Crippen molar-refractivity contribution in [3.05, 3.63) is 54.6 Å². The molecule has 132 valence electrons. The van der Waals surface area contributed by atoms with E-state index in [2.05, 4.69) is 22.3 Å². The van der Waals surface area contributed by atoms with Gasteiger partial charge in [-0.25, -0.2) is 0 Å². The van der Waals surface area contributed by atoms with E-state index < -0.39 is 0 Å². The van der Waals surface area contributed by atoms with Crippen LogP contribution in [0.3, 0.4) is 0 Å². The molecule has 1 unspecified atom stereocenters. The van der Waals surface area contributed by atoms with E-state index in [-0.39, 0.29) is 11.9 Å². The number of benzene rings is 2. The number of anilines is 2. The zero-order chi connectivity index (χ0) is 17.6. The highest BCUT2D eigenvalue weighted by Crippen LogP contribution is 2.24. The molecule has 25 heavy (non-hydrogen) atoms. The second-order valence-corrected chi connectivity index (χ2v) is 6.21. The quantitative estimate of drug-likeness (QED) is 0.910. The fourth-order valence-electron chi connectivity index (χ4n) is 3.16. The number of amides is 1. The van der Waals surface area contributed by atoms with E-state index in [0.717, 1.165) is 37.6 Å². The predicted molar refractivity (Wildman–Crippen MR) is 101 cm³/mol. The summed E-state index contributed by atoms with van der Waals surface area (Å²) < 4.78 is 5.34. The zero-order valence-electron chi connectivity index (χ0n) is 14.8. The average molecular weight is 339 g/mol. The minimum absolute atomic E-state index is 0.124. The first-order chi connectivity index (χ1) is 12.2. The lowest BCUT2D eigenvalue weighted by molar-refractivity contribution is -0.131. The maximum Gasteiger partial charge on any atom is 0.244 e. The van der Waals surface area contributed by atoms with Crippen molar-refractivity contribution in [3.8, 4) is 5.75 Å². The van der Waals surface area contributed by atoms with Crippen molar-refractivity contribution >= 4 is 17.3 Å². The summed E-state index contributed by atoms with van der Waals surface area (Å²) in [6.45, 7) is 5.10. The van der Waals surface area contributed by atoms with Gasteiger partial charge in [0.2, 0.25) is 5.91 Å². The Morgan fingerprint density at radius 2 is 1.64 bits per heavy atom. The number of ether oxygens (including phenoxy) is 1. The van der Waals surface area contributed by atoms with Crippen molar-refractivity contribution in [2.24, 2.45) is 0 Å². The van der Waals surface area contributed by atoms with Crippen LogP contribution in [0.1, 0.15) is 6.92 Å². The molecule has 0 saturated carbocycles. The Morgan fingerprint density at radius 3 is 2.32 bits per heavy atom. The number of para-hydroxylation sites is 3. The van der Waals surface area contributed by atoms with E-state index in [1.165, 1.54) is 5.69 Å². The number of carbonyl (C=O) groups is 1. The summed E-state index contributed by atoms with van der Waals surface area (Å²) >= 11 is 0. The SMILES string of the molecule is COc1ccccc1NC(C)C(=O)N1CCN(c2ccccc2)CC1. The van der Waals surface area contributed by atoms with Crippen LogP contribution < -0.4 is 15.0 Å². The van der Waals surface area contributed by atoms with Gasteiger partial charge in [0.1, 0.15) is 11.8 Å². The number of rotatable bonds is 5. The molecular weight excluding hydrogens is 314 g/mol. The maximum absolute atomic E-state index is 12.7. The molecule has 1 aliphatic heterocycles. The summed E-state index contributed by atoms with van der Waals surface area (Å²) in [4.78, 5) is 17.0. The van der Waals surface area contributed by atoms with Gasteiger partial charge in [-0.3, -0.25) is 4.79 Å². The standard InChI is InChI=1S/C20H25N3O2/c1-16(21-18-10-6-7-11-19(18)25-2)20(24)23-14-12-22(13-15-23)17-8-4-3-5-9-17/h3-11,16,21H,12-15H2,1-2H3. The highest BCUT2D eigenvalue weighted by atomic mass is 16.5. The Balaban J connectivity index is 1.57. The van der Waals surface area contributed by atoms with Crippen molar-refractivity contribution in [1.29, 1.82) is 0 Å². The summed E-state index contributed by atoms with van der Waals surface area (Å²) in [7, 11) is 1.63. The third-order valence-electron chi connectivity index (χ3n) is 4.56. The molecule has 1 atom stereocenters. The molecule has 3 rings (SSSR count). The third-order valence-corrected chi connectivity index (χ3v) is 4.56. The molecule has 1 fully saturated rings. The number of nitrogens with one attached hydrogen (secondary N) is 1. The van der Waals surface area contributed by atoms with Gasteiger partial charge in [0.15, 0.2) is 0 Å². The molecule has 1 N–H and O–H groups in total. The lowest BCUT2D eigenvalue weighted by atomic mass is 10.2. The maximum atomic E-state index is 12.7. The summed E-state index contributed by atoms with van der Waals surface area (Å²) in [6, 6.07) is 17.7. The Kier molecular flexibility index (Phi) is 5.43. The molecule has 1 aliphatic rings. The number of hydrogen-bond acceptors (Lipinski definition) is 4. The van der Waals surface area contributed by atoms with E-state index in [1.54, 1.807) is 7.11 Å². The fourth-order valence-corrected chi connectivity index (χ4v) is 3.16. The predicted octanol–water partition coefficient (Wildman–Crippen LogP) is 2.84. The molecule has 1 saturated heterocycles. The lowest BCUT2D eigenvalue weighted by Crippen LogP contribution is -2.52. The van der Waals surface area contributed by atoms with Gasteiger partial charge < -0.3 is 19.9 Å². The molecule has 5 heteroatoms. The van der Waals surface area contributed by atoms with Crippen LogP contribution in [0.5, 0.6) is 5.75 Å². The molecule has 0 aromatic heterocycles. The number of nitrogens with zero attached hydrogens (tertiary/aromatic N) is 2. The Labute approximate surface area is 149 Å². The van der Waals surface area contributed by atoms with Gasteiger partial charge in [-0.1, -0.05) is 30.3 Å². The van der Waals surface area contributed by atoms with Gasteiger partial charge in [-0.2, -0.15) is 0 Å². The fraction of sp³-hybridized carbons (Fsp3) is 0.350. The van der Waals surface area contributed by atoms with E-state index >= 15 is 0 Å². The van der Waals surface area contributed by atoms with Crippen LogP contribution in [0.15, 0.2) is 54.6 Å². The molecule has 0 radical (unpaired) electrons. The average Bonchev–Trinajstić information content (AvgIpc) is 2.68. The lowest BCUT2D eigenvalue weighted by Gasteiger charge is -2.37. The van der Waals surface area contributed by atoms with E-state index in [4.69, 9.17) is 4.74 Å². The van der Waals surface area contributed by atoms with Crippen molar-refractivity contribution in [2.75, 3.05) is 43.5 Å². The summed E-state index contributed by atoms with van der Waals surface area (Å²) in [5.41, 5.74) is 2.06. The van der Waals surface area contributed by atoms with Gasteiger partial charge in [0, 0.05) is 31.9 Å². The van der Waals surface area contributed by atoms with Crippen LogP contribution in [-0.4, -0.2) is 50.1 Å². The number of hydrogen-bond donors (Lipinski definition) is 1. The monoisotopic (exact) mass is 339 g/mol. The molecule has 2 aromatic rings. The van der Waals surface area contributed by atoms with Crippen LogP contribution in [-0.2, 0) is 4.79 Å². The summed E-state index contributed by atoms with van der Waals surface area (Å²) in [5, 5.41) is 3.27. The van der Waals surface area contributed by atoms with Crippen molar-refractivity contribution in [2.45, 2.75) is 13.0 Å². The molecule has 1 heterocycles. The second-order valence-electron chi connectivity index (χ2n) is 6.21. The smallest absolute Gasteiger partial charge is 0.244 e. The molecule has 2 aromatic carbocycles. The summed E-state index contributed by atoms with van der Waals surface area (Å²) in [6.07, 6.45) is 0. The van der Waals surface area contributed by atoms with E-state index in [0.29, 0.717) is 0 Å². The van der Waals surface area contributed by atoms with Gasteiger partial charge in [0.05, 0.1) is 12.8 Å². The second kappa shape index (κ2) is 7.92. The molecule has 5 nitrogen and oxygen atoms in total. The van der Waals surface area contributed by atoms with Crippen LogP contribution in [0.25, 0.3) is 0 Å². The normalized spacial score (nSPS) is 15.6. The van der Waals surface area contributed by atoms with Crippen LogP contribution in [0.4, 0.5) is 11.4 Å². The first-order valence-corrected chi connectivity index (χ1v) is 8.67. The molecule has 0 spiro atoms. The van der Waals surface area contributed by atoms with E-state index in [9.17, 15) is 4.79 Å². The van der Waals surface area contributed by atoms with E-state index in [1.807, 2.05) is 54.3 Å². The van der Waals surface area contributed by atoms with Gasteiger partial charge in [0.25, 0.3) is 0 Å². The van der Waals surface area contributed by atoms with Crippen LogP contribution >= 0.6 is 0 Å². The molecule has 1 amide bonds. The minimum atomic E-state index is -0.292. The number of piperazine rings is 1. The van der Waals surface area contributed by atoms with Gasteiger partial charge in [-0.05, 0) is 31.2 Å². The largest absolute Gasteiger partial charge is 0.495 e. The van der Waals surface area contributed by atoms with Gasteiger partial charge >= 0.3 is 0 Å². The molecule has 0 bridgehead atoms. The Bertz CT molecular complexity index is 697. The summed E-state index contributed by atoms with van der Waals surface area (Å²) in [5.74, 6) is 0.870. The van der Waals surface area contributed by atoms with Crippen molar-refractivity contribution < 1.29 is 9.53 Å². The van der Waals surface area contributed by atoms with Crippen LogP contribution in [0, 0.1) is 0 Å². The highest BCUT2D eigenvalue weighted by molar-refractivity contribution is 5.85. The van der Waals surface area contributed by atoms with Crippen molar-refractivity contribution in [1.82, 2.24) is 4.90 Å². The number of carbonyl (C=O) groups excluding carboxylic acids is 1. The number of methoxy groups -OCH3 is 1. The Morgan fingerprint density at radius 1 is 1.00 bits per heavy atom. The van der Waals surface area contributed by atoms with Crippen molar-refractivity contribution in [3.63, 3.8) is 0 Å². The highest BCUT2D eigenvalue weighted by Gasteiger charge is 2.25. The van der Waals surface area contributed by atoms with Gasteiger partial charge in [-0.15, -0.1) is 0 Å². The zero-order valence-corrected chi connectivity index (χ0v) is 14.8. The minimum Gasteiger partial charge on any atom is -0.495 e. The first-order valence-electron chi connectivity index (χ1n) is 8.67.